The summed E-state index contributed by atoms with van der Waals surface area (Å²) >= 11 is 9.35. The molecule has 1 aliphatic heterocycles. The summed E-state index contributed by atoms with van der Waals surface area (Å²) in [4.78, 5) is 26.3. The predicted molar refractivity (Wildman–Crippen MR) is 91.9 cm³/mol. The van der Waals surface area contributed by atoms with E-state index < -0.39 is 11.9 Å². The highest BCUT2D eigenvalue weighted by Crippen LogP contribution is 2.37. The van der Waals surface area contributed by atoms with E-state index in [0.717, 1.165) is 10.0 Å². The standard InChI is InChI=1S/C16H13BrClN3O2/c17-11-3-1-9(2-4-11)15(16(23)20-19)21-13-6-5-12(18)7-10(13)8-14(21)22/h1-7,15H,8,19H2,(H,20,23). The van der Waals surface area contributed by atoms with E-state index in [4.69, 9.17) is 17.4 Å². The van der Waals surface area contributed by atoms with Crippen LogP contribution in [-0.2, 0) is 16.0 Å². The molecule has 3 N–H and O–H groups in total. The fraction of sp³-hybridized carbons (Fsp3) is 0.125. The SMILES string of the molecule is NNC(=O)C(c1ccc(Br)cc1)N1C(=O)Cc2cc(Cl)ccc21. The molecule has 0 bridgehead atoms. The van der Waals surface area contributed by atoms with Crippen molar-refractivity contribution in [2.75, 3.05) is 4.90 Å². The number of halogens is 2. The summed E-state index contributed by atoms with van der Waals surface area (Å²) in [7, 11) is 0. The second kappa shape index (κ2) is 6.31. The number of hydrogen-bond acceptors (Lipinski definition) is 3. The molecule has 2 aromatic rings. The summed E-state index contributed by atoms with van der Waals surface area (Å²) in [6.07, 6.45) is 0.209. The van der Waals surface area contributed by atoms with E-state index in [1.165, 1.54) is 4.90 Å². The van der Waals surface area contributed by atoms with E-state index in [1.54, 1.807) is 30.3 Å². The summed E-state index contributed by atoms with van der Waals surface area (Å²) in [6, 6.07) is 11.6. The van der Waals surface area contributed by atoms with Crippen LogP contribution in [0.2, 0.25) is 5.02 Å². The van der Waals surface area contributed by atoms with Gasteiger partial charge in [-0.25, -0.2) is 5.84 Å². The second-order valence-corrected chi connectivity index (χ2v) is 6.53. The molecular weight excluding hydrogens is 382 g/mol. The van der Waals surface area contributed by atoms with Crippen LogP contribution in [0.4, 0.5) is 5.69 Å². The molecule has 0 saturated heterocycles. The zero-order valence-electron chi connectivity index (χ0n) is 11.9. The minimum absolute atomic E-state index is 0.168. The number of carbonyl (C=O) groups is 2. The van der Waals surface area contributed by atoms with Crippen LogP contribution in [0.5, 0.6) is 0 Å². The maximum absolute atomic E-state index is 12.5. The third-order valence-corrected chi connectivity index (χ3v) is 4.51. The van der Waals surface area contributed by atoms with Crippen molar-refractivity contribution in [2.45, 2.75) is 12.5 Å². The van der Waals surface area contributed by atoms with Crippen molar-refractivity contribution in [3.05, 3.63) is 63.1 Å². The van der Waals surface area contributed by atoms with E-state index >= 15 is 0 Å². The van der Waals surface area contributed by atoms with Gasteiger partial charge in [0.2, 0.25) is 5.91 Å². The molecule has 0 fully saturated rings. The molecule has 0 aliphatic carbocycles. The number of amides is 2. The maximum Gasteiger partial charge on any atom is 0.261 e. The Morgan fingerprint density at radius 1 is 1.26 bits per heavy atom. The number of fused-ring (bicyclic) bond motifs is 1. The number of hydrogen-bond donors (Lipinski definition) is 2. The Balaban J connectivity index is 2.09. The topological polar surface area (TPSA) is 75.4 Å². The monoisotopic (exact) mass is 393 g/mol. The third-order valence-electron chi connectivity index (χ3n) is 3.75. The first kappa shape index (κ1) is 16.0. The van der Waals surface area contributed by atoms with E-state index in [2.05, 4.69) is 21.4 Å². The van der Waals surface area contributed by atoms with Crippen molar-refractivity contribution >= 4 is 45.0 Å². The number of nitrogens with zero attached hydrogens (tertiary/aromatic N) is 1. The van der Waals surface area contributed by atoms with Gasteiger partial charge in [-0.05, 0) is 41.5 Å². The number of nitrogens with two attached hydrogens (primary N) is 1. The fourth-order valence-electron chi connectivity index (χ4n) is 2.74. The lowest BCUT2D eigenvalue weighted by atomic mass is 10.0. The summed E-state index contributed by atoms with van der Waals surface area (Å²) in [5.41, 5.74) is 4.30. The molecule has 1 atom stereocenters. The average Bonchev–Trinajstić information content (AvgIpc) is 2.84. The van der Waals surface area contributed by atoms with E-state index in [0.29, 0.717) is 16.3 Å². The lowest BCUT2D eigenvalue weighted by Gasteiger charge is -2.27. The van der Waals surface area contributed by atoms with Gasteiger partial charge in [-0.1, -0.05) is 39.7 Å². The Bertz CT molecular complexity index is 779. The first-order valence-corrected chi connectivity index (χ1v) is 8.05. The Hall–Kier alpha value is -1.89. The molecule has 0 radical (unpaired) electrons. The zero-order chi connectivity index (χ0) is 16.6. The summed E-state index contributed by atoms with van der Waals surface area (Å²) < 4.78 is 0.882. The Kier molecular flexibility index (Phi) is 4.39. The third kappa shape index (κ3) is 2.97. The number of rotatable bonds is 3. The largest absolute Gasteiger partial charge is 0.295 e. The average molecular weight is 395 g/mol. The van der Waals surface area contributed by atoms with Crippen LogP contribution >= 0.6 is 27.5 Å². The molecule has 7 heteroatoms. The minimum Gasteiger partial charge on any atom is -0.295 e. The van der Waals surface area contributed by atoms with Gasteiger partial charge in [-0.15, -0.1) is 0 Å². The molecule has 0 spiro atoms. The van der Waals surface area contributed by atoms with Crippen LogP contribution in [0.25, 0.3) is 0 Å². The Morgan fingerprint density at radius 3 is 2.61 bits per heavy atom. The second-order valence-electron chi connectivity index (χ2n) is 5.18. The minimum atomic E-state index is -0.831. The van der Waals surface area contributed by atoms with E-state index in [1.807, 2.05) is 12.1 Å². The van der Waals surface area contributed by atoms with Gasteiger partial charge in [0.1, 0.15) is 6.04 Å². The molecule has 118 valence electrons. The summed E-state index contributed by atoms with van der Waals surface area (Å²) in [5, 5.41) is 0.557. The molecule has 1 unspecified atom stereocenters. The predicted octanol–water partition coefficient (Wildman–Crippen LogP) is 2.72. The molecule has 2 aromatic carbocycles. The molecule has 0 saturated carbocycles. The smallest absolute Gasteiger partial charge is 0.261 e. The quantitative estimate of drug-likeness (QED) is 0.477. The van der Waals surface area contributed by atoms with Gasteiger partial charge in [0.05, 0.1) is 6.42 Å². The molecule has 5 nitrogen and oxygen atoms in total. The molecule has 3 rings (SSSR count). The van der Waals surface area contributed by atoms with Gasteiger partial charge in [-0.3, -0.25) is 19.9 Å². The highest BCUT2D eigenvalue weighted by Gasteiger charge is 2.37. The van der Waals surface area contributed by atoms with E-state index in [-0.39, 0.29) is 12.3 Å². The molecule has 2 amide bonds. The van der Waals surface area contributed by atoms with E-state index in [9.17, 15) is 9.59 Å². The van der Waals surface area contributed by atoms with Crippen LogP contribution in [-0.4, -0.2) is 11.8 Å². The highest BCUT2D eigenvalue weighted by molar-refractivity contribution is 9.10. The van der Waals surface area contributed by atoms with Crippen LogP contribution in [0.3, 0.4) is 0 Å². The first-order chi connectivity index (χ1) is 11.0. The number of nitrogens with one attached hydrogen (secondary N) is 1. The molecule has 0 aromatic heterocycles. The molecule has 1 aliphatic rings. The molecule has 23 heavy (non-hydrogen) atoms. The van der Waals surface area contributed by atoms with Gasteiger partial charge in [0, 0.05) is 15.2 Å². The van der Waals surface area contributed by atoms with Crippen LogP contribution < -0.4 is 16.2 Å². The van der Waals surface area contributed by atoms with Crippen molar-refractivity contribution in [1.29, 1.82) is 0 Å². The van der Waals surface area contributed by atoms with Crippen molar-refractivity contribution in [2.24, 2.45) is 5.84 Å². The van der Waals surface area contributed by atoms with Gasteiger partial charge in [0.15, 0.2) is 0 Å². The van der Waals surface area contributed by atoms with Crippen molar-refractivity contribution in [1.82, 2.24) is 5.43 Å². The van der Waals surface area contributed by atoms with Crippen molar-refractivity contribution < 1.29 is 9.59 Å². The Morgan fingerprint density at radius 2 is 1.96 bits per heavy atom. The Labute approximate surface area is 146 Å². The first-order valence-electron chi connectivity index (χ1n) is 6.87. The summed E-state index contributed by atoms with van der Waals surface area (Å²) in [5.74, 6) is 4.71. The zero-order valence-corrected chi connectivity index (χ0v) is 14.3. The lowest BCUT2D eigenvalue weighted by molar-refractivity contribution is -0.126. The number of carbonyl (C=O) groups excluding carboxylic acids is 2. The number of hydrazine groups is 1. The van der Waals surface area contributed by atoms with Gasteiger partial charge in [0.25, 0.3) is 5.91 Å². The summed E-state index contributed by atoms with van der Waals surface area (Å²) in [6.45, 7) is 0. The van der Waals surface area contributed by atoms with Crippen molar-refractivity contribution in [3.63, 3.8) is 0 Å². The molecular formula is C16H13BrClN3O2. The van der Waals surface area contributed by atoms with Crippen molar-refractivity contribution in [3.8, 4) is 0 Å². The number of benzene rings is 2. The van der Waals surface area contributed by atoms with Crippen LogP contribution in [0.15, 0.2) is 46.9 Å². The lowest BCUT2D eigenvalue weighted by Crippen LogP contribution is -2.44. The fourth-order valence-corrected chi connectivity index (χ4v) is 3.20. The van der Waals surface area contributed by atoms with Gasteiger partial charge < -0.3 is 0 Å². The maximum atomic E-state index is 12.5. The molecule has 1 heterocycles. The number of anilines is 1. The normalized spacial score (nSPS) is 14.6. The van der Waals surface area contributed by atoms with Gasteiger partial charge in [-0.2, -0.15) is 0 Å². The van der Waals surface area contributed by atoms with Gasteiger partial charge >= 0.3 is 0 Å². The van der Waals surface area contributed by atoms with Crippen LogP contribution in [0, 0.1) is 0 Å². The highest BCUT2D eigenvalue weighted by atomic mass is 79.9. The van der Waals surface area contributed by atoms with Crippen LogP contribution in [0.1, 0.15) is 17.2 Å².